The third-order valence-corrected chi connectivity index (χ3v) is 4.27. The molecule has 7 heteroatoms. The molecule has 1 aromatic rings. The van der Waals surface area contributed by atoms with E-state index in [2.05, 4.69) is 4.72 Å². The summed E-state index contributed by atoms with van der Waals surface area (Å²) in [6.45, 7) is 6.39. The molecule has 0 radical (unpaired) electrons. The van der Waals surface area contributed by atoms with Crippen LogP contribution in [-0.4, -0.2) is 20.7 Å². The van der Waals surface area contributed by atoms with Gasteiger partial charge in [0.15, 0.2) is 11.6 Å². The van der Waals surface area contributed by atoms with Crippen LogP contribution in [0, 0.1) is 17.0 Å². The third kappa shape index (κ3) is 3.85. The number of hydrogen-bond acceptors (Lipinski definition) is 3. The summed E-state index contributed by atoms with van der Waals surface area (Å²) in [7, 11) is -4.12. The topological polar surface area (TPSA) is 63.2 Å². The van der Waals surface area contributed by atoms with E-state index in [-0.39, 0.29) is 6.54 Å². The molecule has 0 saturated heterocycles. The van der Waals surface area contributed by atoms with Crippen LogP contribution in [0.25, 0.3) is 0 Å². The first kappa shape index (κ1) is 17.7. The first-order valence-electron chi connectivity index (χ1n) is 6.55. The minimum absolute atomic E-state index is 0.127. The highest BCUT2D eigenvalue weighted by Gasteiger charge is 2.32. The van der Waals surface area contributed by atoms with E-state index in [0.29, 0.717) is 6.42 Å². The molecule has 0 saturated carbocycles. The summed E-state index contributed by atoms with van der Waals surface area (Å²) in [5, 5.41) is 0. The van der Waals surface area contributed by atoms with Crippen LogP contribution in [0.3, 0.4) is 0 Å². The van der Waals surface area contributed by atoms with Crippen LogP contribution >= 0.6 is 0 Å². The van der Waals surface area contributed by atoms with Gasteiger partial charge in [-0.15, -0.1) is 0 Å². The number of rotatable bonds is 5. The van der Waals surface area contributed by atoms with E-state index >= 15 is 0 Å². The number of Topliss-reactive ketones (excluding diaryl/α,β-unsaturated/α-hetero) is 1. The molecular weight excluding hydrogens is 300 g/mol. The molecule has 1 rings (SSSR count). The molecule has 0 spiro atoms. The minimum atomic E-state index is -4.12. The fraction of sp³-hybridized carbons (Fsp3) is 0.500. The predicted molar refractivity (Wildman–Crippen MR) is 75.6 cm³/mol. The molecule has 0 amide bonds. The minimum Gasteiger partial charge on any atom is -0.293 e. The van der Waals surface area contributed by atoms with E-state index in [4.69, 9.17) is 0 Å². The molecule has 4 nitrogen and oxygen atoms in total. The molecule has 1 N–H and O–H groups in total. The Bertz CT molecular complexity index is 649. The predicted octanol–water partition coefficient (Wildman–Crippen LogP) is 2.88. The highest BCUT2D eigenvalue weighted by atomic mass is 32.2. The Balaban J connectivity index is 3.45. The number of sulfonamides is 1. The zero-order valence-electron chi connectivity index (χ0n) is 12.5. The number of carbonyl (C=O) groups excluding carboxylic acids is 1. The molecular formula is C14H19F2NO3S. The molecule has 0 aliphatic carbocycles. The monoisotopic (exact) mass is 319 g/mol. The number of nitrogens with one attached hydrogen (secondary N) is 1. The van der Waals surface area contributed by atoms with Gasteiger partial charge in [0.25, 0.3) is 0 Å². The van der Waals surface area contributed by atoms with Crippen molar-refractivity contribution in [2.24, 2.45) is 5.41 Å². The maximum Gasteiger partial charge on any atom is 0.243 e. The average Bonchev–Trinajstić information content (AvgIpc) is 2.34. The second-order valence-electron chi connectivity index (χ2n) is 5.71. The lowest BCUT2D eigenvalue weighted by molar-refractivity contribution is 0.0848. The normalized spacial score (nSPS) is 12.5. The maximum atomic E-state index is 14.4. The fourth-order valence-electron chi connectivity index (χ4n) is 1.64. The lowest BCUT2D eigenvalue weighted by Crippen LogP contribution is -2.28. The summed E-state index contributed by atoms with van der Waals surface area (Å²) < 4.78 is 54.2. The van der Waals surface area contributed by atoms with Gasteiger partial charge >= 0.3 is 0 Å². The number of ketones is 1. The van der Waals surface area contributed by atoms with Crippen molar-refractivity contribution < 1.29 is 22.0 Å². The van der Waals surface area contributed by atoms with Gasteiger partial charge < -0.3 is 0 Å². The van der Waals surface area contributed by atoms with Gasteiger partial charge in [-0.05, 0) is 18.6 Å². The number of benzene rings is 1. The Morgan fingerprint density at radius 1 is 1.24 bits per heavy atom. The largest absolute Gasteiger partial charge is 0.293 e. The van der Waals surface area contributed by atoms with E-state index in [9.17, 15) is 22.0 Å². The number of hydrogen-bond donors (Lipinski definition) is 1. The van der Waals surface area contributed by atoms with Gasteiger partial charge in [-0.1, -0.05) is 27.7 Å². The van der Waals surface area contributed by atoms with Crippen LogP contribution in [-0.2, 0) is 10.0 Å². The Kier molecular flexibility index (Phi) is 5.22. The molecule has 0 aliphatic rings. The van der Waals surface area contributed by atoms with Crippen LogP contribution in [0.5, 0.6) is 0 Å². The second-order valence-corrected chi connectivity index (χ2v) is 7.45. The number of halogens is 2. The first-order valence-corrected chi connectivity index (χ1v) is 8.03. The van der Waals surface area contributed by atoms with E-state index in [1.807, 2.05) is 0 Å². The smallest absolute Gasteiger partial charge is 0.243 e. The second kappa shape index (κ2) is 6.19. The van der Waals surface area contributed by atoms with E-state index < -0.39 is 43.3 Å². The lowest BCUT2D eigenvalue weighted by Gasteiger charge is -2.18. The highest BCUT2D eigenvalue weighted by molar-refractivity contribution is 7.89. The summed E-state index contributed by atoms with van der Waals surface area (Å²) >= 11 is 0. The molecule has 21 heavy (non-hydrogen) atoms. The van der Waals surface area contributed by atoms with E-state index in [1.165, 1.54) is 20.8 Å². The Labute approximate surface area is 123 Å². The molecule has 0 bridgehead atoms. The molecule has 0 heterocycles. The summed E-state index contributed by atoms with van der Waals surface area (Å²) in [4.78, 5) is 11.4. The summed E-state index contributed by atoms with van der Waals surface area (Å²) in [5.74, 6) is -3.20. The van der Waals surface area contributed by atoms with Crippen molar-refractivity contribution in [1.29, 1.82) is 0 Å². The van der Waals surface area contributed by atoms with E-state index in [1.54, 1.807) is 6.92 Å². The molecule has 118 valence electrons. The van der Waals surface area contributed by atoms with Gasteiger partial charge in [-0.25, -0.2) is 21.9 Å². The van der Waals surface area contributed by atoms with Crippen molar-refractivity contribution in [1.82, 2.24) is 4.72 Å². The highest BCUT2D eigenvalue weighted by Crippen LogP contribution is 2.28. The third-order valence-electron chi connectivity index (χ3n) is 2.80. The molecule has 0 unspecified atom stereocenters. The number of carbonyl (C=O) groups is 1. The Morgan fingerprint density at radius 3 is 2.29 bits per heavy atom. The molecule has 0 aromatic heterocycles. The summed E-state index contributed by atoms with van der Waals surface area (Å²) in [6.07, 6.45) is 0.524. The van der Waals surface area contributed by atoms with Crippen LogP contribution in [0.2, 0.25) is 0 Å². The average molecular weight is 319 g/mol. The van der Waals surface area contributed by atoms with Gasteiger partial charge in [-0.3, -0.25) is 4.79 Å². The Morgan fingerprint density at radius 2 is 1.81 bits per heavy atom. The van der Waals surface area contributed by atoms with E-state index in [0.717, 1.165) is 12.1 Å². The lowest BCUT2D eigenvalue weighted by atomic mass is 9.86. The van der Waals surface area contributed by atoms with Crippen molar-refractivity contribution >= 4 is 15.8 Å². The molecule has 1 aromatic carbocycles. The van der Waals surface area contributed by atoms with Crippen LogP contribution in [0.1, 0.15) is 44.5 Å². The van der Waals surface area contributed by atoms with Crippen LogP contribution in [0.15, 0.2) is 17.0 Å². The molecule has 0 fully saturated rings. The molecule has 0 atom stereocenters. The zero-order valence-corrected chi connectivity index (χ0v) is 13.3. The van der Waals surface area contributed by atoms with Crippen molar-refractivity contribution in [2.45, 2.75) is 39.0 Å². The van der Waals surface area contributed by atoms with Gasteiger partial charge in [-0.2, -0.15) is 0 Å². The van der Waals surface area contributed by atoms with Gasteiger partial charge in [0.1, 0.15) is 10.7 Å². The van der Waals surface area contributed by atoms with Crippen molar-refractivity contribution in [3.63, 3.8) is 0 Å². The van der Waals surface area contributed by atoms with Crippen LogP contribution in [0.4, 0.5) is 8.78 Å². The van der Waals surface area contributed by atoms with Crippen LogP contribution < -0.4 is 4.72 Å². The van der Waals surface area contributed by atoms with Gasteiger partial charge in [0.2, 0.25) is 10.0 Å². The fourth-order valence-corrected chi connectivity index (χ4v) is 2.85. The maximum absolute atomic E-state index is 14.4. The standard InChI is InChI=1S/C14H19F2NO3S/c1-5-8-17-21(19,20)10-7-6-9(15)11(12(10)16)13(18)14(2,3)4/h6-7,17H,5,8H2,1-4H3. The Hall–Kier alpha value is -1.34. The summed E-state index contributed by atoms with van der Waals surface area (Å²) in [6, 6.07) is 1.62. The van der Waals surface area contributed by atoms with Crippen molar-refractivity contribution in [3.8, 4) is 0 Å². The van der Waals surface area contributed by atoms with Gasteiger partial charge in [0.05, 0.1) is 5.56 Å². The quantitative estimate of drug-likeness (QED) is 0.849. The summed E-state index contributed by atoms with van der Waals surface area (Å²) in [5.41, 5.74) is -1.84. The SMILES string of the molecule is CCCNS(=O)(=O)c1ccc(F)c(C(=O)C(C)(C)C)c1F. The zero-order chi connectivity index (χ0) is 16.4. The van der Waals surface area contributed by atoms with Gasteiger partial charge in [0, 0.05) is 12.0 Å². The van der Waals surface area contributed by atoms with Crippen molar-refractivity contribution in [3.05, 3.63) is 29.3 Å². The van der Waals surface area contributed by atoms with Crippen molar-refractivity contribution in [2.75, 3.05) is 6.54 Å². The molecule has 0 aliphatic heterocycles. The first-order chi connectivity index (χ1) is 9.52.